The lowest BCUT2D eigenvalue weighted by Gasteiger charge is -2.38. The largest absolute Gasteiger partial charge is 0.373 e. The van der Waals surface area contributed by atoms with Crippen LogP contribution in [0.25, 0.3) is 0 Å². The maximum atomic E-state index is 12.7. The van der Waals surface area contributed by atoms with Crippen LogP contribution in [0.4, 0.5) is 0 Å². The fourth-order valence-electron chi connectivity index (χ4n) is 3.87. The Kier molecular flexibility index (Phi) is 5.54. The summed E-state index contributed by atoms with van der Waals surface area (Å²) in [6, 6.07) is 8.20. The Morgan fingerprint density at radius 1 is 1.24 bits per heavy atom. The van der Waals surface area contributed by atoms with Crippen LogP contribution in [-0.4, -0.2) is 62.6 Å². The van der Waals surface area contributed by atoms with E-state index in [-0.39, 0.29) is 11.4 Å². The van der Waals surface area contributed by atoms with Crippen LogP contribution >= 0.6 is 0 Å². The molecule has 2 aliphatic heterocycles. The van der Waals surface area contributed by atoms with E-state index in [1.165, 1.54) is 0 Å². The number of hydrogen-bond donors (Lipinski definition) is 0. The SMILES string of the molecule is CCN(C)[C@H]1COC2(CCN(S(=O)(=O)Cc3ccc(C)cc3)CC2)C1. The van der Waals surface area contributed by atoms with Crippen molar-refractivity contribution in [3.63, 3.8) is 0 Å². The zero-order valence-corrected chi connectivity index (χ0v) is 16.4. The highest BCUT2D eigenvalue weighted by molar-refractivity contribution is 7.88. The third kappa shape index (κ3) is 4.25. The summed E-state index contributed by atoms with van der Waals surface area (Å²) in [6.07, 6.45) is 2.62. The molecule has 2 heterocycles. The van der Waals surface area contributed by atoms with Crippen LogP contribution in [0.2, 0.25) is 0 Å². The van der Waals surface area contributed by atoms with E-state index in [4.69, 9.17) is 4.74 Å². The van der Waals surface area contributed by atoms with Gasteiger partial charge in [0.25, 0.3) is 0 Å². The molecule has 0 aromatic heterocycles. The van der Waals surface area contributed by atoms with E-state index in [0.29, 0.717) is 19.1 Å². The van der Waals surface area contributed by atoms with E-state index in [0.717, 1.165) is 43.5 Å². The quantitative estimate of drug-likeness (QED) is 0.803. The Labute approximate surface area is 152 Å². The molecule has 1 aromatic carbocycles. The maximum absolute atomic E-state index is 12.7. The van der Waals surface area contributed by atoms with Gasteiger partial charge in [0.15, 0.2) is 0 Å². The second-order valence-electron chi connectivity index (χ2n) is 7.57. The number of piperidine rings is 1. The summed E-state index contributed by atoms with van der Waals surface area (Å²) in [7, 11) is -1.13. The van der Waals surface area contributed by atoms with Gasteiger partial charge >= 0.3 is 0 Å². The van der Waals surface area contributed by atoms with Crippen LogP contribution in [0.3, 0.4) is 0 Å². The zero-order valence-electron chi connectivity index (χ0n) is 15.6. The van der Waals surface area contributed by atoms with Crippen LogP contribution in [0.1, 0.15) is 37.3 Å². The van der Waals surface area contributed by atoms with E-state index < -0.39 is 10.0 Å². The highest BCUT2D eigenvalue weighted by Gasteiger charge is 2.45. The van der Waals surface area contributed by atoms with Gasteiger partial charge in [-0.1, -0.05) is 36.8 Å². The molecule has 25 heavy (non-hydrogen) atoms. The average molecular weight is 367 g/mol. The number of benzene rings is 1. The molecule has 0 N–H and O–H groups in total. The molecule has 1 spiro atoms. The number of rotatable bonds is 5. The number of likely N-dealkylation sites (N-methyl/N-ethyl adjacent to an activating group) is 1. The topological polar surface area (TPSA) is 49.9 Å². The molecule has 0 aliphatic carbocycles. The number of hydrogen-bond acceptors (Lipinski definition) is 4. The van der Waals surface area contributed by atoms with Crippen LogP contribution in [-0.2, 0) is 20.5 Å². The summed E-state index contributed by atoms with van der Waals surface area (Å²) in [5.74, 6) is 0.0856. The van der Waals surface area contributed by atoms with Gasteiger partial charge in [0.05, 0.1) is 18.0 Å². The first-order chi connectivity index (χ1) is 11.8. The Morgan fingerprint density at radius 2 is 1.88 bits per heavy atom. The molecule has 0 amide bonds. The molecule has 2 aliphatic rings. The van der Waals surface area contributed by atoms with E-state index >= 15 is 0 Å². The highest BCUT2D eigenvalue weighted by atomic mass is 32.2. The second-order valence-corrected chi connectivity index (χ2v) is 9.53. The minimum atomic E-state index is -3.26. The molecular formula is C19H30N2O3S. The van der Waals surface area contributed by atoms with Gasteiger partial charge in [0, 0.05) is 19.1 Å². The summed E-state index contributed by atoms with van der Waals surface area (Å²) in [5.41, 5.74) is 1.88. The molecule has 0 bridgehead atoms. The van der Waals surface area contributed by atoms with Crippen molar-refractivity contribution in [2.75, 3.05) is 33.3 Å². The normalized spacial score (nSPS) is 24.2. The minimum absolute atomic E-state index is 0.0856. The zero-order chi connectivity index (χ0) is 18.1. The van der Waals surface area contributed by atoms with Crippen LogP contribution in [0.5, 0.6) is 0 Å². The Morgan fingerprint density at radius 3 is 2.48 bits per heavy atom. The molecule has 2 saturated heterocycles. The Hall–Kier alpha value is -0.950. The van der Waals surface area contributed by atoms with Gasteiger partial charge in [-0.25, -0.2) is 12.7 Å². The first kappa shape index (κ1) is 18.8. The first-order valence-electron chi connectivity index (χ1n) is 9.21. The maximum Gasteiger partial charge on any atom is 0.218 e. The van der Waals surface area contributed by atoms with Gasteiger partial charge < -0.3 is 9.64 Å². The van der Waals surface area contributed by atoms with Crippen molar-refractivity contribution in [1.82, 2.24) is 9.21 Å². The molecule has 1 aromatic rings. The van der Waals surface area contributed by atoms with Crippen molar-refractivity contribution < 1.29 is 13.2 Å². The highest BCUT2D eigenvalue weighted by Crippen LogP contribution is 2.38. The number of sulfonamides is 1. The van der Waals surface area contributed by atoms with Crippen molar-refractivity contribution in [2.24, 2.45) is 0 Å². The smallest absolute Gasteiger partial charge is 0.218 e. The van der Waals surface area contributed by atoms with E-state index in [9.17, 15) is 8.42 Å². The fraction of sp³-hybridized carbons (Fsp3) is 0.684. The van der Waals surface area contributed by atoms with Gasteiger partial charge in [0.1, 0.15) is 0 Å². The lowest BCUT2D eigenvalue weighted by molar-refractivity contribution is -0.0316. The van der Waals surface area contributed by atoms with Gasteiger partial charge in [-0.2, -0.15) is 0 Å². The van der Waals surface area contributed by atoms with Gasteiger partial charge in [-0.05, 0) is 45.3 Å². The fourth-order valence-corrected chi connectivity index (χ4v) is 5.40. The first-order valence-corrected chi connectivity index (χ1v) is 10.8. The van der Waals surface area contributed by atoms with Crippen LogP contribution in [0, 0.1) is 6.92 Å². The van der Waals surface area contributed by atoms with Gasteiger partial charge in [-0.15, -0.1) is 0 Å². The van der Waals surface area contributed by atoms with E-state index in [1.807, 2.05) is 31.2 Å². The van der Waals surface area contributed by atoms with Crippen molar-refractivity contribution in [1.29, 1.82) is 0 Å². The van der Waals surface area contributed by atoms with Gasteiger partial charge in [-0.3, -0.25) is 0 Å². The third-order valence-corrected chi connectivity index (χ3v) is 7.66. The van der Waals surface area contributed by atoms with Crippen molar-refractivity contribution in [3.8, 4) is 0 Å². The molecule has 0 radical (unpaired) electrons. The predicted molar refractivity (Wildman–Crippen MR) is 100 cm³/mol. The summed E-state index contributed by atoms with van der Waals surface area (Å²) in [4.78, 5) is 2.33. The van der Waals surface area contributed by atoms with Gasteiger partial charge in [0.2, 0.25) is 10.0 Å². The molecule has 2 fully saturated rings. The molecule has 1 atom stereocenters. The van der Waals surface area contributed by atoms with E-state index in [2.05, 4.69) is 18.9 Å². The monoisotopic (exact) mass is 366 g/mol. The lowest BCUT2D eigenvalue weighted by atomic mass is 9.88. The number of aryl methyl sites for hydroxylation is 1. The third-order valence-electron chi connectivity index (χ3n) is 5.81. The second kappa shape index (κ2) is 7.35. The molecule has 3 rings (SSSR count). The standard InChI is InChI=1S/C19H30N2O3S/c1-4-20(3)18-13-19(24-14-18)9-11-21(12-10-19)25(22,23)15-17-7-5-16(2)6-8-17/h5-8,18H,4,9-15H2,1-3H3/t18-/m1/s1. The molecular weight excluding hydrogens is 336 g/mol. The summed E-state index contributed by atoms with van der Waals surface area (Å²) >= 11 is 0. The average Bonchev–Trinajstić information content (AvgIpc) is 3.00. The minimum Gasteiger partial charge on any atom is -0.373 e. The molecule has 6 heteroatoms. The molecule has 140 valence electrons. The van der Waals surface area contributed by atoms with Crippen molar-refractivity contribution in [3.05, 3.63) is 35.4 Å². The summed E-state index contributed by atoms with van der Waals surface area (Å²) < 4.78 is 33.3. The lowest BCUT2D eigenvalue weighted by Crippen LogP contribution is -2.47. The van der Waals surface area contributed by atoms with Crippen molar-refractivity contribution in [2.45, 2.75) is 50.5 Å². The van der Waals surface area contributed by atoms with E-state index in [1.54, 1.807) is 4.31 Å². The number of nitrogens with zero attached hydrogens (tertiary/aromatic N) is 2. The molecule has 0 unspecified atom stereocenters. The van der Waals surface area contributed by atoms with Crippen molar-refractivity contribution >= 4 is 10.0 Å². The van der Waals surface area contributed by atoms with Crippen LogP contribution < -0.4 is 0 Å². The predicted octanol–water partition coefficient (Wildman–Crippen LogP) is 2.40. The summed E-state index contributed by atoms with van der Waals surface area (Å²) in [6.45, 7) is 7.08. The Balaban J connectivity index is 1.59. The Bertz CT molecular complexity index is 679. The molecule has 0 saturated carbocycles. The summed E-state index contributed by atoms with van der Waals surface area (Å²) in [5, 5.41) is 0. The van der Waals surface area contributed by atoms with Crippen LogP contribution in [0.15, 0.2) is 24.3 Å². The molecule has 5 nitrogen and oxygen atoms in total. The number of ether oxygens (including phenoxy) is 1.